The molecule has 1 aliphatic rings. The third-order valence-electron chi connectivity index (χ3n) is 3.42. The second-order valence-electron chi connectivity index (χ2n) is 5.01. The van der Waals surface area contributed by atoms with E-state index < -0.39 is 0 Å². The van der Waals surface area contributed by atoms with Crippen LogP contribution in [0.15, 0.2) is 0 Å². The summed E-state index contributed by atoms with van der Waals surface area (Å²) in [5, 5.41) is 3.00. The molecule has 0 spiro atoms. The Balaban J connectivity index is 2.24. The molecule has 0 saturated carbocycles. The summed E-state index contributed by atoms with van der Waals surface area (Å²) in [4.78, 5) is 13.9. The standard InChI is InChI=1S/C13H26N2O2S/c1-4-13(2)11-15(8-9-17-13)12(16)14-7-5-6-10-18-3/h4-11H2,1-3H3,(H,14,16). The van der Waals surface area contributed by atoms with Crippen LogP contribution in [0.4, 0.5) is 4.79 Å². The van der Waals surface area contributed by atoms with Crippen LogP contribution in [0.3, 0.4) is 0 Å². The number of urea groups is 1. The molecular formula is C13H26N2O2S. The highest BCUT2D eigenvalue weighted by Crippen LogP contribution is 2.20. The lowest BCUT2D eigenvalue weighted by molar-refractivity contribution is -0.0872. The van der Waals surface area contributed by atoms with Gasteiger partial charge < -0.3 is 15.0 Å². The number of carbonyl (C=O) groups excluding carboxylic acids is 1. The first kappa shape index (κ1) is 15.6. The van der Waals surface area contributed by atoms with Gasteiger partial charge in [0.05, 0.1) is 18.8 Å². The molecule has 106 valence electrons. The minimum Gasteiger partial charge on any atom is -0.372 e. The van der Waals surface area contributed by atoms with Crippen LogP contribution in [0.2, 0.25) is 0 Å². The molecule has 1 aliphatic heterocycles. The van der Waals surface area contributed by atoms with Gasteiger partial charge in [-0.25, -0.2) is 4.79 Å². The quantitative estimate of drug-likeness (QED) is 0.756. The monoisotopic (exact) mass is 274 g/mol. The highest BCUT2D eigenvalue weighted by molar-refractivity contribution is 7.98. The minimum absolute atomic E-state index is 0.0575. The average molecular weight is 274 g/mol. The lowest BCUT2D eigenvalue weighted by atomic mass is 10.0. The fourth-order valence-corrected chi connectivity index (χ4v) is 2.49. The molecule has 0 aromatic rings. The van der Waals surface area contributed by atoms with E-state index in [1.807, 2.05) is 16.7 Å². The molecule has 1 atom stereocenters. The smallest absolute Gasteiger partial charge is 0.317 e. The van der Waals surface area contributed by atoms with Gasteiger partial charge in [-0.05, 0) is 38.2 Å². The highest BCUT2D eigenvalue weighted by atomic mass is 32.2. The number of thioether (sulfide) groups is 1. The number of unbranched alkanes of at least 4 members (excludes halogenated alkanes) is 1. The van der Waals surface area contributed by atoms with Gasteiger partial charge in [0.25, 0.3) is 0 Å². The van der Waals surface area contributed by atoms with Crippen molar-refractivity contribution in [2.75, 3.05) is 38.2 Å². The van der Waals surface area contributed by atoms with Crippen LogP contribution in [0.25, 0.3) is 0 Å². The van der Waals surface area contributed by atoms with Gasteiger partial charge in [0.15, 0.2) is 0 Å². The Morgan fingerprint density at radius 2 is 2.28 bits per heavy atom. The third-order valence-corrected chi connectivity index (χ3v) is 4.12. The number of nitrogens with one attached hydrogen (secondary N) is 1. The fourth-order valence-electron chi connectivity index (χ4n) is 2.00. The van der Waals surface area contributed by atoms with E-state index >= 15 is 0 Å². The van der Waals surface area contributed by atoms with E-state index in [0.717, 1.165) is 25.8 Å². The number of hydrogen-bond donors (Lipinski definition) is 1. The van der Waals surface area contributed by atoms with Gasteiger partial charge in [0.1, 0.15) is 0 Å². The third kappa shape index (κ3) is 5.06. The highest BCUT2D eigenvalue weighted by Gasteiger charge is 2.32. The van der Waals surface area contributed by atoms with Crippen molar-refractivity contribution < 1.29 is 9.53 Å². The summed E-state index contributed by atoms with van der Waals surface area (Å²) in [7, 11) is 0. The summed E-state index contributed by atoms with van der Waals surface area (Å²) in [6.07, 6.45) is 5.27. The van der Waals surface area contributed by atoms with E-state index in [1.54, 1.807) is 0 Å². The molecule has 0 radical (unpaired) electrons. The average Bonchev–Trinajstić information content (AvgIpc) is 2.38. The van der Waals surface area contributed by atoms with Crippen LogP contribution < -0.4 is 5.32 Å². The van der Waals surface area contributed by atoms with E-state index in [2.05, 4.69) is 25.4 Å². The second kappa shape index (κ2) is 7.89. The van der Waals surface area contributed by atoms with Crippen LogP contribution in [-0.2, 0) is 4.74 Å². The molecule has 5 heteroatoms. The SMILES string of the molecule is CCC1(C)CN(C(=O)NCCCCSC)CCO1. The van der Waals surface area contributed by atoms with Crippen LogP contribution in [0, 0.1) is 0 Å². The molecule has 0 aromatic heterocycles. The van der Waals surface area contributed by atoms with Crippen LogP contribution in [0.5, 0.6) is 0 Å². The van der Waals surface area contributed by atoms with Crippen molar-refractivity contribution in [3.8, 4) is 0 Å². The van der Waals surface area contributed by atoms with Crippen LogP contribution >= 0.6 is 11.8 Å². The van der Waals surface area contributed by atoms with Gasteiger partial charge in [-0.3, -0.25) is 0 Å². The van der Waals surface area contributed by atoms with E-state index in [4.69, 9.17) is 4.74 Å². The normalized spacial score (nSPS) is 24.1. The van der Waals surface area contributed by atoms with Crippen molar-refractivity contribution in [1.82, 2.24) is 10.2 Å². The van der Waals surface area contributed by atoms with Gasteiger partial charge in [0.2, 0.25) is 0 Å². The van der Waals surface area contributed by atoms with Crippen molar-refractivity contribution in [3.63, 3.8) is 0 Å². The first-order valence-electron chi connectivity index (χ1n) is 6.77. The Hall–Kier alpha value is -0.420. The van der Waals surface area contributed by atoms with Crippen molar-refractivity contribution in [1.29, 1.82) is 0 Å². The topological polar surface area (TPSA) is 41.6 Å². The summed E-state index contributed by atoms with van der Waals surface area (Å²) in [6, 6.07) is 0.0575. The number of ether oxygens (including phenoxy) is 1. The molecule has 0 aliphatic carbocycles. The molecule has 1 fully saturated rings. The first-order chi connectivity index (χ1) is 8.61. The maximum Gasteiger partial charge on any atom is 0.317 e. The Morgan fingerprint density at radius 3 is 2.94 bits per heavy atom. The van der Waals surface area contributed by atoms with E-state index in [1.165, 1.54) is 5.75 Å². The maximum atomic E-state index is 12.0. The molecular weight excluding hydrogens is 248 g/mol. The van der Waals surface area contributed by atoms with Crippen molar-refractivity contribution >= 4 is 17.8 Å². The zero-order valence-corrected chi connectivity index (χ0v) is 12.6. The lowest BCUT2D eigenvalue weighted by Crippen LogP contribution is -2.54. The molecule has 1 saturated heterocycles. The number of amides is 2. The second-order valence-corrected chi connectivity index (χ2v) is 5.99. The molecule has 2 amide bonds. The number of nitrogens with zero attached hydrogens (tertiary/aromatic N) is 1. The minimum atomic E-state index is -0.172. The summed E-state index contributed by atoms with van der Waals surface area (Å²) >= 11 is 1.85. The van der Waals surface area contributed by atoms with Crippen molar-refractivity contribution in [2.24, 2.45) is 0 Å². The summed E-state index contributed by atoms with van der Waals surface area (Å²) < 4.78 is 5.73. The number of morpholine rings is 1. The van der Waals surface area contributed by atoms with Crippen LogP contribution in [-0.4, -0.2) is 54.8 Å². The van der Waals surface area contributed by atoms with Gasteiger partial charge in [0, 0.05) is 13.1 Å². The Kier molecular flexibility index (Phi) is 6.86. The summed E-state index contributed by atoms with van der Waals surface area (Å²) in [5.74, 6) is 1.17. The van der Waals surface area contributed by atoms with Gasteiger partial charge in [-0.15, -0.1) is 0 Å². The zero-order chi connectivity index (χ0) is 13.4. The first-order valence-corrected chi connectivity index (χ1v) is 8.16. The molecule has 1 rings (SSSR count). The molecule has 0 aromatic carbocycles. The predicted octanol–water partition coefficient (Wildman–Crippen LogP) is 2.34. The fraction of sp³-hybridized carbons (Fsp3) is 0.923. The molecule has 0 bridgehead atoms. The zero-order valence-electron chi connectivity index (χ0n) is 11.8. The molecule has 1 N–H and O–H groups in total. The van der Waals surface area contributed by atoms with Crippen LogP contribution in [0.1, 0.15) is 33.1 Å². The molecule has 4 nitrogen and oxygen atoms in total. The molecule has 1 unspecified atom stereocenters. The van der Waals surface area contributed by atoms with Crippen molar-refractivity contribution in [2.45, 2.75) is 38.7 Å². The Labute approximate surface area is 115 Å². The van der Waals surface area contributed by atoms with E-state index in [0.29, 0.717) is 19.7 Å². The number of carbonyl (C=O) groups is 1. The Morgan fingerprint density at radius 1 is 1.50 bits per heavy atom. The number of hydrogen-bond acceptors (Lipinski definition) is 3. The number of rotatable bonds is 6. The Bertz CT molecular complexity index is 263. The van der Waals surface area contributed by atoms with E-state index in [-0.39, 0.29) is 11.6 Å². The summed E-state index contributed by atoms with van der Waals surface area (Å²) in [6.45, 7) is 6.99. The summed E-state index contributed by atoms with van der Waals surface area (Å²) in [5.41, 5.74) is -0.172. The van der Waals surface area contributed by atoms with Crippen molar-refractivity contribution in [3.05, 3.63) is 0 Å². The van der Waals surface area contributed by atoms with Gasteiger partial charge in [-0.2, -0.15) is 11.8 Å². The maximum absolute atomic E-state index is 12.0. The predicted molar refractivity (Wildman–Crippen MR) is 77.2 cm³/mol. The van der Waals surface area contributed by atoms with Gasteiger partial charge in [-0.1, -0.05) is 6.92 Å². The largest absolute Gasteiger partial charge is 0.372 e. The van der Waals surface area contributed by atoms with E-state index in [9.17, 15) is 4.79 Å². The van der Waals surface area contributed by atoms with Gasteiger partial charge >= 0.3 is 6.03 Å². The molecule has 18 heavy (non-hydrogen) atoms. The lowest BCUT2D eigenvalue weighted by Gasteiger charge is -2.39. The molecule has 1 heterocycles.